The molecule has 0 aliphatic carbocycles. The standard InChI is InChI=1S/C8H11NO3S/c1-6(9)7-4-2-3-5-8(7)13(10,11)12/h2-6H,9H2,1H3,(H,10,11,12). The molecule has 0 bridgehead atoms. The Balaban J connectivity index is 3.37. The summed E-state index contributed by atoms with van der Waals surface area (Å²) in [5.74, 6) is 0. The van der Waals surface area contributed by atoms with Crippen molar-refractivity contribution >= 4 is 10.1 Å². The van der Waals surface area contributed by atoms with Gasteiger partial charge in [-0.05, 0) is 18.6 Å². The van der Waals surface area contributed by atoms with Crippen molar-refractivity contribution < 1.29 is 13.0 Å². The third-order valence-electron chi connectivity index (χ3n) is 1.69. The highest BCUT2D eigenvalue weighted by Crippen LogP contribution is 2.19. The summed E-state index contributed by atoms with van der Waals surface area (Å²) in [7, 11) is -4.16. The summed E-state index contributed by atoms with van der Waals surface area (Å²) >= 11 is 0. The fraction of sp³-hybridized carbons (Fsp3) is 0.250. The first kappa shape index (κ1) is 10.2. The van der Waals surface area contributed by atoms with Crippen molar-refractivity contribution in [2.45, 2.75) is 17.9 Å². The number of hydrogen-bond donors (Lipinski definition) is 2. The molecule has 1 aromatic carbocycles. The number of nitrogens with two attached hydrogens (primary N) is 1. The van der Waals surface area contributed by atoms with Gasteiger partial charge in [-0.15, -0.1) is 0 Å². The van der Waals surface area contributed by atoms with Crippen molar-refractivity contribution in [3.63, 3.8) is 0 Å². The van der Waals surface area contributed by atoms with Crippen LogP contribution in [0.5, 0.6) is 0 Å². The summed E-state index contributed by atoms with van der Waals surface area (Å²) in [4.78, 5) is -0.120. The van der Waals surface area contributed by atoms with Crippen LogP contribution in [0.4, 0.5) is 0 Å². The van der Waals surface area contributed by atoms with Crippen LogP contribution in [0.3, 0.4) is 0 Å². The predicted octanol–water partition coefficient (Wildman–Crippen LogP) is 0.953. The smallest absolute Gasteiger partial charge is 0.294 e. The second-order valence-electron chi connectivity index (χ2n) is 2.80. The monoisotopic (exact) mass is 201 g/mol. The van der Waals surface area contributed by atoms with Gasteiger partial charge in [0.05, 0.1) is 4.90 Å². The van der Waals surface area contributed by atoms with E-state index in [4.69, 9.17) is 10.3 Å². The third kappa shape index (κ3) is 2.27. The fourth-order valence-corrected chi connectivity index (χ4v) is 1.89. The number of hydrogen-bond acceptors (Lipinski definition) is 3. The van der Waals surface area contributed by atoms with Crippen molar-refractivity contribution in [1.29, 1.82) is 0 Å². The van der Waals surface area contributed by atoms with Gasteiger partial charge in [0.15, 0.2) is 0 Å². The summed E-state index contributed by atoms with van der Waals surface area (Å²) in [6.45, 7) is 1.66. The number of benzene rings is 1. The van der Waals surface area contributed by atoms with Gasteiger partial charge in [-0.2, -0.15) is 8.42 Å². The largest absolute Gasteiger partial charge is 0.324 e. The maximum atomic E-state index is 10.9. The van der Waals surface area contributed by atoms with Crippen LogP contribution in [-0.2, 0) is 10.1 Å². The zero-order chi connectivity index (χ0) is 10.1. The van der Waals surface area contributed by atoms with Crippen molar-refractivity contribution in [3.8, 4) is 0 Å². The average molecular weight is 201 g/mol. The van der Waals surface area contributed by atoms with E-state index in [-0.39, 0.29) is 4.90 Å². The zero-order valence-electron chi connectivity index (χ0n) is 7.14. The Morgan fingerprint density at radius 2 is 1.92 bits per heavy atom. The van der Waals surface area contributed by atoms with Gasteiger partial charge in [-0.1, -0.05) is 18.2 Å². The lowest BCUT2D eigenvalue weighted by Crippen LogP contribution is -2.11. The molecule has 0 fully saturated rings. The molecule has 0 saturated heterocycles. The number of rotatable bonds is 2. The van der Waals surface area contributed by atoms with Gasteiger partial charge >= 0.3 is 0 Å². The van der Waals surface area contributed by atoms with Gasteiger partial charge in [0.1, 0.15) is 0 Å². The van der Waals surface area contributed by atoms with Crippen LogP contribution in [-0.4, -0.2) is 13.0 Å². The van der Waals surface area contributed by atoms with E-state index in [1.807, 2.05) is 0 Å². The van der Waals surface area contributed by atoms with Gasteiger partial charge in [0.2, 0.25) is 0 Å². The lowest BCUT2D eigenvalue weighted by molar-refractivity contribution is 0.481. The minimum absolute atomic E-state index is 0.120. The minimum atomic E-state index is -4.16. The van der Waals surface area contributed by atoms with Crippen molar-refractivity contribution in [1.82, 2.24) is 0 Å². The first-order chi connectivity index (χ1) is 5.93. The molecule has 0 aromatic heterocycles. The highest BCUT2D eigenvalue weighted by atomic mass is 32.2. The van der Waals surface area contributed by atoms with Gasteiger partial charge in [-0.3, -0.25) is 4.55 Å². The molecule has 0 spiro atoms. The molecule has 5 heteroatoms. The van der Waals surface area contributed by atoms with Crippen molar-refractivity contribution in [2.75, 3.05) is 0 Å². The lowest BCUT2D eigenvalue weighted by atomic mass is 10.1. The van der Waals surface area contributed by atoms with Crippen LogP contribution >= 0.6 is 0 Å². The van der Waals surface area contributed by atoms with E-state index in [0.717, 1.165) is 0 Å². The van der Waals surface area contributed by atoms with Crippen LogP contribution in [0.2, 0.25) is 0 Å². The van der Waals surface area contributed by atoms with Gasteiger partial charge in [0.25, 0.3) is 10.1 Å². The molecule has 0 radical (unpaired) electrons. The summed E-state index contributed by atoms with van der Waals surface area (Å²) in [5.41, 5.74) is 5.96. The summed E-state index contributed by atoms with van der Waals surface area (Å²) < 4.78 is 30.6. The van der Waals surface area contributed by atoms with E-state index in [2.05, 4.69) is 0 Å². The minimum Gasteiger partial charge on any atom is -0.324 e. The quantitative estimate of drug-likeness (QED) is 0.698. The average Bonchev–Trinajstić information content (AvgIpc) is 2.03. The molecule has 0 heterocycles. The predicted molar refractivity (Wildman–Crippen MR) is 48.9 cm³/mol. The molecular formula is C8H11NO3S. The molecule has 3 N–H and O–H groups in total. The first-order valence-corrected chi connectivity index (χ1v) is 5.19. The molecule has 1 unspecified atom stereocenters. The first-order valence-electron chi connectivity index (χ1n) is 3.75. The van der Waals surface area contributed by atoms with Crippen LogP contribution in [0.25, 0.3) is 0 Å². The van der Waals surface area contributed by atoms with Crippen LogP contribution < -0.4 is 5.73 Å². The van der Waals surface area contributed by atoms with E-state index in [1.54, 1.807) is 19.1 Å². The lowest BCUT2D eigenvalue weighted by Gasteiger charge is -2.09. The molecule has 0 aliphatic heterocycles. The topological polar surface area (TPSA) is 80.4 Å². The van der Waals surface area contributed by atoms with Gasteiger partial charge in [0, 0.05) is 6.04 Å². The van der Waals surface area contributed by atoms with E-state index in [9.17, 15) is 8.42 Å². The second kappa shape index (κ2) is 3.45. The molecule has 4 nitrogen and oxygen atoms in total. The Hall–Kier alpha value is -0.910. The fourth-order valence-electron chi connectivity index (χ4n) is 1.09. The Morgan fingerprint density at radius 1 is 1.38 bits per heavy atom. The van der Waals surface area contributed by atoms with E-state index < -0.39 is 16.2 Å². The van der Waals surface area contributed by atoms with Crippen LogP contribution in [0, 0.1) is 0 Å². The van der Waals surface area contributed by atoms with E-state index in [0.29, 0.717) is 5.56 Å². The van der Waals surface area contributed by atoms with Gasteiger partial charge < -0.3 is 5.73 Å². The molecule has 13 heavy (non-hydrogen) atoms. The Kier molecular flexibility index (Phi) is 2.70. The Bertz CT molecular complexity index is 398. The summed E-state index contributed by atoms with van der Waals surface area (Å²) in [5, 5.41) is 0. The molecule has 1 rings (SSSR count). The Morgan fingerprint density at radius 3 is 2.31 bits per heavy atom. The van der Waals surface area contributed by atoms with Crippen molar-refractivity contribution in [3.05, 3.63) is 29.8 Å². The normalized spacial score (nSPS) is 14.1. The highest BCUT2D eigenvalue weighted by Gasteiger charge is 2.16. The van der Waals surface area contributed by atoms with Crippen molar-refractivity contribution in [2.24, 2.45) is 5.73 Å². The molecule has 0 amide bonds. The summed E-state index contributed by atoms with van der Waals surface area (Å²) in [6.07, 6.45) is 0. The van der Waals surface area contributed by atoms with Gasteiger partial charge in [-0.25, -0.2) is 0 Å². The van der Waals surface area contributed by atoms with E-state index in [1.165, 1.54) is 12.1 Å². The molecule has 0 aliphatic rings. The maximum Gasteiger partial charge on any atom is 0.294 e. The molecular weight excluding hydrogens is 190 g/mol. The molecule has 0 saturated carbocycles. The molecule has 72 valence electrons. The molecule has 1 atom stereocenters. The highest BCUT2D eigenvalue weighted by molar-refractivity contribution is 7.85. The SMILES string of the molecule is CC(N)c1ccccc1S(=O)(=O)O. The van der Waals surface area contributed by atoms with Crippen LogP contribution in [0.15, 0.2) is 29.2 Å². The zero-order valence-corrected chi connectivity index (χ0v) is 7.95. The second-order valence-corrected chi connectivity index (χ2v) is 4.19. The van der Waals surface area contributed by atoms with E-state index >= 15 is 0 Å². The molecule has 1 aromatic rings. The Labute approximate surface area is 77.1 Å². The maximum absolute atomic E-state index is 10.9. The third-order valence-corrected chi connectivity index (χ3v) is 2.62. The summed E-state index contributed by atoms with van der Waals surface area (Å²) in [6, 6.07) is 5.70. The van der Waals surface area contributed by atoms with Crippen LogP contribution in [0.1, 0.15) is 18.5 Å².